The van der Waals surface area contributed by atoms with E-state index in [1.807, 2.05) is 35.2 Å². The van der Waals surface area contributed by atoms with Crippen molar-refractivity contribution in [2.45, 2.75) is 18.4 Å². The van der Waals surface area contributed by atoms with Crippen LogP contribution in [0, 0.1) is 11.8 Å². The zero-order valence-corrected chi connectivity index (χ0v) is 16.2. The van der Waals surface area contributed by atoms with E-state index in [-0.39, 0.29) is 17.7 Å². The van der Waals surface area contributed by atoms with Gasteiger partial charge in [0.2, 0.25) is 0 Å². The van der Waals surface area contributed by atoms with Crippen LogP contribution in [0.15, 0.2) is 53.1 Å². The van der Waals surface area contributed by atoms with Gasteiger partial charge in [0.1, 0.15) is 11.4 Å². The lowest BCUT2D eigenvalue weighted by Crippen LogP contribution is -2.36. The maximum Gasteiger partial charge on any atom is 0.274 e. The van der Waals surface area contributed by atoms with Crippen LogP contribution in [-0.4, -0.2) is 46.3 Å². The Bertz CT molecular complexity index is 1010. The van der Waals surface area contributed by atoms with E-state index in [0.717, 1.165) is 17.7 Å². The van der Waals surface area contributed by atoms with E-state index >= 15 is 0 Å². The Morgan fingerprint density at radius 2 is 2.14 bits per heavy atom. The first-order valence-electron chi connectivity index (χ1n) is 9.84. The van der Waals surface area contributed by atoms with Crippen LogP contribution < -0.4 is 4.74 Å². The molecule has 1 amide bonds. The van der Waals surface area contributed by atoms with Gasteiger partial charge in [-0.15, -0.1) is 0 Å². The van der Waals surface area contributed by atoms with Crippen LogP contribution in [0.1, 0.15) is 28.9 Å². The molecule has 29 heavy (non-hydrogen) atoms. The second-order valence-corrected chi connectivity index (χ2v) is 7.91. The molecule has 7 nitrogen and oxygen atoms in total. The normalized spacial score (nSPS) is 25.9. The van der Waals surface area contributed by atoms with E-state index in [2.05, 4.69) is 10.2 Å². The molecule has 1 saturated carbocycles. The highest BCUT2D eigenvalue weighted by atomic mass is 16.5. The van der Waals surface area contributed by atoms with E-state index in [1.165, 1.54) is 0 Å². The fraction of sp³-hybridized carbons (Fsp3) is 0.364. The van der Waals surface area contributed by atoms with Gasteiger partial charge in [0.15, 0.2) is 11.5 Å². The number of carbonyl (C=O) groups excluding carboxylic acids is 1. The van der Waals surface area contributed by atoms with Crippen molar-refractivity contribution in [2.24, 2.45) is 11.8 Å². The van der Waals surface area contributed by atoms with Gasteiger partial charge in [-0.1, -0.05) is 12.1 Å². The molecule has 1 saturated heterocycles. The Morgan fingerprint density at radius 1 is 1.31 bits per heavy atom. The van der Waals surface area contributed by atoms with E-state index in [1.54, 1.807) is 25.5 Å². The van der Waals surface area contributed by atoms with Crippen molar-refractivity contribution < 1.29 is 19.1 Å². The van der Waals surface area contributed by atoms with Crippen LogP contribution in [-0.2, 0) is 5.60 Å². The highest BCUT2D eigenvalue weighted by Gasteiger charge is 2.53. The fourth-order valence-electron chi connectivity index (χ4n) is 4.85. The van der Waals surface area contributed by atoms with Gasteiger partial charge in [-0.05, 0) is 48.6 Å². The molecule has 2 aliphatic rings. The first kappa shape index (κ1) is 18.0. The minimum Gasteiger partial charge on any atom is -0.497 e. The number of aliphatic hydroxyl groups is 1. The van der Waals surface area contributed by atoms with Gasteiger partial charge in [0.05, 0.1) is 19.0 Å². The number of benzene rings is 1. The maximum atomic E-state index is 13.0. The summed E-state index contributed by atoms with van der Waals surface area (Å²) in [4.78, 5) is 14.8. The number of methoxy groups -OCH3 is 1. The number of furan rings is 1. The molecule has 0 spiro atoms. The predicted molar refractivity (Wildman–Crippen MR) is 105 cm³/mol. The number of nitrogens with one attached hydrogen (secondary N) is 1. The average molecular weight is 393 g/mol. The van der Waals surface area contributed by atoms with Crippen LogP contribution in [0.5, 0.6) is 5.75 Å². The van der Waals surface area contributed by atoms with Crippen molar-refractivity contribution in [1.29, 1.82) is 0 Å². The SMILES string of the molecule is COc1ccc([C@@]2(O)CC[C@@H]3CN(C(=O)c4cc(-c5ccco5)[nH]n4)C[C@@H]32)cc1. The zero-order chi connectivity index (χ0) is 20.0. The number of H-pyrrole nitrogens is 1. The molecule has 5 rings (SSSR count). The molecule has 0 radical (unpaired) electrons. The lowest BCUT2D eigenvalue weighted by molar-refractivity contribution is -0.00594. The van der Waals surface area contributed by atoms with Crippen LogP contribution in [0.3, 0.4) is 0 Å². The molecule has 0 bridgehead atoms. The lowest BCUT2D eigenvalue weighted by Gasteiger charge is -2.30. The van der Waals surface area contributed by atoms with E-state index in [9.17, 15) is 9.90 Å². The summed E-state index contributed by atoms with van der Waals surface area (Å²) < 4.78 is 10.6. The lowest BCUT2D eigenvalue weighted by atomic mass is 9.82. The molecule has 3 atom stereocenters. The number of hydrogen-bond acceptors (Lipinski definition) is 5. The smallest absolute Gasteiger partial charge is 0.274 e. The number of carbonyl (C=O) groups is 1. The number of likely N-dealkylation sites (tertiary alicyclic amines) is 1. The van der Waals surface area contributed by atoms with Crippen molar-refractivity contribution in [2.75, 3.05) is 20.2 Å². The van der Waals surface area contributed by atoms with Crippen molar-refractivity contribution in [1.82, 2.24) is 15.1 Å². The molecule has 7 heteroatoms. The number of aromatic amines is 1. The van der Waals surface area contributed by atoms with E-state index < -0.39 is 5.60 Å². The largest absolute Gasteiger partial charge is 0.497 e. The Balaban J connectivity index is 1.34. The molecule has 2 fully saturated rings. The summed E-state index contributed by atoms with van der Waals surface area (Å²) in [6.45, 7) is 1.17. The Morgan fingerprint density at radius 3 is 2.86 bits per heavy atom. The predicted octanol–water partition coefficient (Wildman–Crippen LogP) is 3.05. The molecular formula is C22H23N3O4. The average Bonchev–Trinajstić information content (AvgIpc) is 3.52. The number of ether oxygens (including phenoxy) is 1. The summed E-state index contributed by atoms with van der Waals surface area (Å²) in [5.41, 5.74) is 1.01. The van der Waals surface area contributed by atoms with Gasteiger partial charge in [-0.3, -0.25) is 9.89 Å². The van der Waals surface area contributed by atoms with Crippen LogP contribution in [0.4, 0.5) is 0 Å². The van der Waals surface area contributed by atoms with Crippen LogP contribution in [0.2, 0.25) is 0 Å². The second-order valence-electron chi connectivity index (χ2n) is 7.91. The molecule has 2 aromatic heterocycles. The summed E-state index contributed by atoms with van der Waals surface area (Å²) >= 11 is 0. The third kappa shape index (κ3) is 2.93. The van der Waals surface area contributed by atoms with Crippen LogP contribution in [0.25, 0.3) is 11.5 Å². The van der Waals surface area contributed by atoms with Gasteiger partial charge in [-0.2, -0.15) is 5.10 Å². The standard InChI is InChI=1S/C22H23N3O4/c1-28-16-6-4-15(5-7-16)22(27)9-8-14-12-25(13-17(14)22)21(26)19-11-18(23-24-19)20-3-2-10-29-20/h2-7,10-11,14,17,27H,8-9,12-13H2,1H3,(H,23,24)/t14-,17+,22+/m1/s1. The Kier molecular flexibility index (Phi) is 4.20. The summed E-state index contributed by atoms with van der Waals surface area (Å²) in [6, 6.07) is 12.9. The van der Waals surface area contributed by atoms with Crippen molar-refractivity contribution >= 4 is 5.91 Å². The number of nitrogens with zero attached hydrogens (tertiary/aromatic N) is 2. The van der Waals surface area contributed by atoms with E-state index in [0.29, 0.717) is 36.7 Å². The molecule has 3 heterocycles. The quantitative estimate of drug-likeness (QED) is 0.711. The fourth-order valence-corrected chi connectivity index (χ4v) is 4.85. The number of amides is 1. The molecule has 2 N–H and O–H groups in total. The Labute approximate surface area is 168 Å². The van der Waals surface area contributed by atoms with Gasteiger partial charge < -0.3 is 19.2 Å². The first-order valence-corrected chi connectivity index (χ1v) is 9.84. The number of rotatable bonds is 4. The highest BCUT2D eigenvalue weighted by molar-refractivity contribution is 5.93. The van der Waals surface area contributed by atoms with Crippen molar-refractivity contribution in [3.8, 4) is 17.2 Å². The number of hydrogen-bond donors (Lipinski definition) is 2. The zero-order valence-electron chi connectivity index (χ0n) is 16.2. The van der Waals surface area contributed by atoms with Crippen molar-refractivity contribution in [3.05, 3.63) is 60.0 Å². The topological polar surface area (TPSA) is 91.6 Å². The monoisotopic (exact) mass is 393 g/mol. The second kappa shape index (κ2) is 6.77. The van der Waals surface area contributed by atoms with Gasteiger partial charge in [0, 0.05) is 25.1 Å². The molecule has 1 aromatic carbocycles. The molecule has 0 unspecified atom stereocenters. The van der Waals surface area contributed by atoms with Gasteiger partial charge in [0.25, 0.3) is 5.91 Å². The molecule has 1 aliphatic heterocycles. The molecule has 150 valence electrons. The molecule has 1 aliphatic carbocycles. The minimum absolute atomic E-state index is 0.0170. The van der Waals surface area contributed by atoms with Gasteiger partial charge >= 0.3 is 0 Å². The third-order valence-electron chi connectivity index (χ3n) is 6.41. The number of aromatic nitrogens is 2. The van der Waals surface area contributed by atoms with E-state index in [4.69, 9.17) is 9.15 Å². The summed E-state index contributed by atoms with van der Waals surface area (Å²) in [6.07, 6.45) is 3.19. The minimum atomic E-state index is -0.920. The first-order chi connectivity index (χ1) is 14.1. The van der Waals surface area contributed by atoms with Crippen molar-refractivity contribution in [3.63, 3.8) is 0 Å². The highest BCUT2D eigenvalue weighted by Crippen LogP contribution is 2.50. The third-order valence-corrected chi connectivity index (χ3v) is 6.41. The maximum absolute atomic E-state index is 13.0. The summed E-state index contributed by atoms with van der Waals surface area (Å²) in [7, 11) is 1.63. The number of fused-ring (bicyclic) bond motifs is 1. The molecule has 3 aromatic rings. The Hall–Kier alpha value is -3.06. The summed E-state index contributed by atoms with van der Waals surface area (Å²) in [5, 5.41) is 18.5. The summed E-state index contributed by atoms with van der Waals surface area (Å²) in [5.74, 6) is 1.59. The van der Waals surface area contributed by atoms with Gasteiger partial charge in [-0.25, -0.2) is 0 Å². The molecular weight excluding hydrogens is 370 g/mol. The van der Waals surface area contributed by atoms with Crippen LogP contribution >= 0.6 is 0 Å².